The SMILES string of the molecule is Cc1cc([C@@H](C)N)c2nc(N3CCOCC3)n(C)c(=O)c2c1. The van der Waals surface area contributed by atoms with E-state index in [1.165, 1.54) is 0 Å². The molecule has 2 heterocycles. The van der Waals surface area contributed by atoms with Crippen LogP contribution in [0.2, 0.25) is 0 Å². The number of aryl methyl sites for hydroxylation is 1. The van der Waals surface area contributed by atoms with Crippen LogP contribution in [0.4, 0.5) is 5.95 Å². The number of nitrogens with two attached hydrogens (primary N) is 1. The van der Waals surface area contributed by atoms with E-state index in [-0.39, 0.29) is 11.6 Å². The zero-order chi connectivity index (χ0) is 15.9. The number of ether oxygens (including phenoxy) is 1. The van der Waals surface area contributed by atoms with Crippen LogP contribution >= 0.6 is 0 Å². The Morgan fingerprint density at radius 2 is 2.00 bits per heavy atom. The van der Waals surface area contributed by atoms with E-state index in [9.17, 15) is 4.79 Å². The van der Waals surface area contributed by atoms with Crippen LogP contribution in [0.25, 0.3) is 10.9 Å². The second-order valence-corrected chi connectivity index (χ2v) is 5.91. The molecule has 1 saturated heterocycles. The van der Waals surface area contributed by atoms with Crippen LogP contribution in [0.1, 0.15) is 24.1 Å². The van der Waals surface area contributed by atoms with Crippen LogP contribution in [0.15, 0.2) is 16.9 Å². The molecular weight excluding hydrogens is 280 g/mol. The van der Waals surface area contributed by atoms with E-state index in [0.29, 0.717) is 30.1 Å². The fourth-order valence-corrected chi connectivity index (χ4v) is 2.93. The zero-order valence-corrected chi connectivity index (χ0v) is 13.3. The van der Waals surface area contributed by atoms with E-state index in [1.54, 1.807) is 11.6 Å². The molecule has 0 bridgehead atoms. The maximum atomic E-state index is 12.7. The molecule has 0 unspecified atom stereocenters. The van der Waals surface area contributed by atoms with Gasteiger partial charge >= 0.3 is 0 Å². The van der Waals surface area contributed by atoms with Gasteiger partial charge in [0.15, 0.2) is 0 Å². The first-order valence-electron chi connectivity index (χ1n) is 7.58. The van der Waals surface area contributed by atoms with Crippen molar-refractivity contribution in [2.75, 3.05) is 31.2 Å². The first-order chi connectivity index (χ1) is 10.5. The summed E-state index contributed by atoms with van der Waals surface area (Å²) in [6.45, 7) is 6.68. The number of benzene rings is 1. The molecule has 22 heavy (non-hydrogen) atoms. The van der Waals surface area contributed by atoms with Crippen molar-refractivity contribution >= 4 is 16.9 Å². The highest BCUT2D eigenvalue weighted by molar-refractivity contribution is 5.83. The number of rotatable bonds is 2. The topological polar surface area (TPSA) is 73.4 Å². The molecule has 0 amide bonds. The van der Waals surface area contributed by atoms with Gasteiger partial charge in [-0.15, -0.1) is 0 Å². The van der Waals surface area contributed by atoms with Crippen LogP contribution in [-0.4, -0.2) is 35.9 Å². The van der Waals surface area contributed by atoms with Gasteiger partial charge in [-0.1, -0.05) is 6.07 Å². The minimum Gasteiger partial charge on any atom is -0.378 e. The minimum atomic E-state index is -0.167. The first kappa shape index (κ1) is 15.0. The molecule has 1 atom stereocenters. The van der Waals surface area contributed by atoms with E-state index >= 15 is 0 Å². The molecule has 118 valence electrons. The maximum absolute atomic E-state index is 12.7. The Labute approximate surface area is 129 Å². The number of fused-ring (bicyclic) bond motifs is 1. The van der Waals surface area contributed by atoms with Crippen molar-refractivity contribution in [2.45, 2.75) is 19.9 Å². The summed E-state index contributed by atoms with van der Waals surface area (Å²) in [4.78, 5) is 19.6. The summed E-state index contributed by atoms with van der Waals surface area (Å²) in [5, 5.41) is 0.631. The predicted molar refractivity (Wildman–Crippen MR) is 87.4 cm³/mol. The molecule has 1 aromatic heterocycles. The monoisotopic (exact) mass is 302 g/mol. The van der Waals surface area contributed by atoms with Crippen molar-refractivity contribution < 1.29 is 4.74 Å². The van der Waals surface area contributed by atoms with Crippen LogP contribution in [0, 0.1) is 6.92 Å². The molecule has 6 nitrogen and oxygen atoms in total. The molecule has 6 heteroatoms. The molecule has 1 aliphatic rings. The van der Waals surface area contributed by atoms with Gasteiger partial charge in [-0.05, 0) is 31.0 Å². The number of nitrogens with zero attached hydrogens (tertiary/aromatic N) is 3. The van der Waals surface area contributed by atoms with Crippen molar-refractivity contribution in [1.82, 2.24) is 9.55 Å². The van der Waals surface area contributed by atoms with Gasteiger partial charge in [-0.2, -0.15) is 0 Å². The molecule has 2 N–H and O–H groups in total. The molecule has 3 rings (SSSR count). The van der Waals surface area contributed by atoms with Gasteiger partial charge in [0.25, 0.3) is 5.56 Å². The average molecular weight is 302 g/mol. The third-order valence-corrected chi connectivity index (χ3v) is 4.12. The Balaban J connectivity index is 2.27. The Hall–Kier alpha value is -1.92. The summed E-state index contributed by atoms with van der Waals surface area (Å²) in [7, 11) is 1.77. The van der Waals surface area contributed by atoms with Crippen LogP contribution in [0.5, 0.6) is 0 Å². The number of aromatic nitrogens is 2. The lowest BCUT2D eigenvalue weighted by atomic mass is 10.0. The lowest BCUT2D eigenvalue weighted by molar-refractivity contribution is 0.121. The summed E-state index contributed by atoms with van der Waals surface area (Å²) >= 11 is 0. The highest BCUT2D eigenvalue weighted by Crippen LogP contribution is 2.24. The lowest BCUT2D eigenvalue weighted by Gasteiger charge is -2.29. The second kappa shape index (κ2) is 5.70. The third kappa shape index (κ3) is 2.48. The molecule has 1 aliphatic heterocycles. The zero-order valence-electron chi connectivity index (χ0n) is 13.3. The van der Waals surface area contributed by atoms with E-state index in [4.69, 9.17) is 15.5 Å². The highest BCUT2D eigenvalue weighted by Gasteiger charge is 2.19. The standard InChI is InChI=1S/C16H22N4O2/c1-10-8-12(11(2)17)14-13(9-10)15(21)19(3)16(18-14)20-4-6-22-7-5-20/h8-9,11H,4-7,17H2,1-3H3/t11-/m1/s1. The molecule has 2 aromatic rings. The summed E-state index contributed by atoms with van der Waals surface area (Å²) < 4.78 is 7.00. The molecular formula is C16H22N4O2. The fourth-order valence-electron chi connectivity index (χ4n) is 2.93. The van der Waals surface area contributed by atoms with Crippen molar-refractivity contribution in [3.8, 4) is 0 Å². The van der Waals surface area contributed by atoms with Gasteiger partial charge in [0.2, 0.25) is 5.95 Å². The lowest BCUT2D eigenvalue weighted by Crippen LogP contribution is -2.40. The van der Waals surface area contributed by atoms with Crippen molar-refractivity contribution in [3.63, 3.8) is 0 Å². The normalized spacial score (nSPS) is 17.0. The van der Waals surface area contributed by atoms with Crippen molar-refractivity contribution in [3.05, 3.63) is 33.6 Å². The van der Waals surface area contributed by atoms with Crippen molar-refractivity contribution in [2.24, 2.45) is 12.8 Å². The van der Waals surface area contributed by atoms with E-state index < -0.39 is 0 Å². The number of morpholine rings is 1. The summed E-state index contributed by atoms with van der Waals surface area (Å²) in [6, 6.07) is 3.74. The molecule has 1 fully saturated rings. The number of hydrogen-bond donors (Lipinski definition) is 1. The van der Waals surface area contributed by atoms with Gasteiger partial charge in [0.05, 0.1) is 24.1 Å². The highest BCUT2D eigenvalue weighted by atomic mass is 16.5. The molecule has 0 spiro atoms. The Kier molecular flexibility index (Phi) is 3.88. The summed E-state index contributed by atoms with van der Waals surface area (Å²) in [5.74, 6) is 0.687. The van der Waals surface area contributed by atoms with Crippen LogP contribution in [-0.2, 0) is 11.8 Å². The van der Waals surface area contributed by atoms with Crippen LogP contribution < -0.4 is 16.2 Å². The summed E-state index contributed by atoms with van der Waals surface area (Å²) in [6.07, 6.45) is 0. The maximum Gasteiger partial charge on any atom is 0.262 e. The quantitative estimate of drug-likeness (QED) is 0.899. The summed E-state index contributed by atoms with van der Waals surface area (Å²) in [5.41, 5.74) is 8.71. The van der Waals surface area contributed by atoms with Gasteiger partial charge in [0, 0.05) is 26.2 Å². The number of anilines is 1. The average Bonchev–Trinajstić information content (AvgIpc) is 2.51. The van der Waals surface area contributed by atoms with E-state index in [1.807, 2.05) is 26.0 Å². The van der Waals surface area contributed by atoms with Gasteiger partial charge in [-0.3, -0.25) is 9.36 Å². The van der Waals surface area contributed by atoms with Crippen LogP contribution in [0.3, 0.4) is 0 Å². The number of hydrogen-bond acceptors (Lipinski definition) is 5. The largest absolute Gasteiger partial charge is 0.378 e. The fraction of sp³-hybridized carbons (Fsp3) is 0.500. The van der Waals surface area contributed by atoms with Gasteiger partial charge in [0.1, 0.15) is 0 Å². The first-order valence-corrected chi connectivity index (χ1v) is 7.58. The van der Waals surface area contributed by atoms with E-state index in [2.05, 4.69) is 4.90 Å². The molecule has 1 aromatic carbocycles. The molecule has 0 aliphatic carbocycles. The molecule has 0 radical (unpaired) electrons. The third-order valence-electron chi connectivity index (χ3n) is 4.12. The van der Waals surface area contributed by atoms with E-state index in [0.717, 1.165) is 24.2 Å². The smallest absolute Gasteiger partial charge is 0.262 e. The Bertz CT molecular complexity index is 761. The van der Waals surface area contributed by atoms with Gasteiger partial charge < -0.3 is 15.4 Å². The predicted octanol–water partition coefficient (Wildman–Crippen LogP) is 1.10. The second-order valence-electron chi connectivity index (χ2n) is 5.91. The minimum absolute atomic E-state index is 0.0305. The Morgan fingerprint density at radius 1 is 1.32 bits per heavy atom. The molecule has 0 saturated carbocycles. The Morgan fingerprint density at radius 3 is 2.64 bits per heavy atom. The van der Waals surface area contributed by atoms with Crippen molar-refractivity contribution in [1.29, 1.82) is 0 Å². The van der Waals surface area contributed by atoms with Gasteiger partial charge in [-0.25, -0.2) is 4.98 Å².